The quantitative estimate of drug-likeness (QED) is 0.740. The molecule has 94 valence electrons. The van der Waals surface area contributed by atoms with E-state index in [0.717, 1.165) is 20.7 Å². The van der Waals surface area contributed by atoms with E-state index in [-0.39, 0.29) is 5.82 Å². The smallest absolute Gasteiger partial charge is 0.133 e. The van der Waals surface area contributed by atoms with Crippen LogP contribution in [0.25, 0.3) is 0 Å². The summed E-state index contributed by atoms with van der Waals surface area (Å²) in [6.07, 6.45) is 2.00. The molecule has 0 aliphatic heterocycles. The van der Waals surface area contributed by atoms with Crippen LogP contribution in [0.3, 0.4) is 0 Å². The number of hydrogen-bond donors (Lipinski definition) is 0. The van der Waals surface area contributed by atoms with Crippen molar-refractivity contribution in [1.82, 2.24) is 0 Å². The molecule has 18 heavy (non-hydrogen) atoms. The van der Waals surface area contributed by atoms with Gasteiger partial charge in [-0.1, -0.05) is 28.1 Å². The van der Waals surface area contributed by atoms with Crippen molar-refractivity contribution in [2.75, 3.05) is 6.26 Å². The molecular formula is C14H12BrFOS. The van der Waals surface area contributed by atoms with Gasteiger partial charge in [-0.25, -0.2) is 4.39 Å². The van der Waals surface area contributed by atoms with Gasteiger partial charge >= 0.3 is 0 Å². The van der Waals surface area contributed by atoms with Crippen molar-refractivity contribution in [3.8, 4) is 5.75 Å². The van der Waals surface area contributed by atoms with E-state index in [1.54, 1.807) is 11.8 Å². The Kier molecular flexibility index (Phi) is 4.66. The molecule has 0 N–H and O–H groups in total. The van der Waals surface area contributed by atoms with Crippen LogP contribution in [0.15, 0.2) is 51.8 Å². The SMILES string of the molecule is CSc1ccccc1OCc1cc(F)cc(Br)c1. The van der Waals surface area contributed by atoms with Gasteiger partial charge in [-0.15, -0.1) is 11.8 Å². The van der Waals surface area contributed by atoms with Gasteiger partial charge in [0.25, 0.3) is 0 Å². The van der Waals surface area contributed by atoms with Crippen LogP contribution in [0.5, 0.6) is 5.75 Å². The lowest BCUT2D eigenvalue weighted by atomic mass is 10.2. The molecule has 0 atom stereocenters. The molecule has 4 heteroatoms. The summed E-state index contributed by atoms with van der Waals surface area (Å²) in [5.41, 5.74) is 0.804. The first-order valence-corrected chi connectivity index (χ1v) is 7.41. The van der Waals surface area contributed by atoms with Crippen LogP contribution in [0.1, 0.15) is 5.56 Å². The second-order valence-electron chi connectivity index (χ2n) is 3.72. The largest absolute Gasteiger partial charge is 0.488 e. The maximum absolute atomic E-state index is 13.2. The van der Waals surface area contributed by atoms with Gasteiger partial charge in [0.05, 0.1) is 0 Å². The zero-order valence-corrected chi connectivity index (χ0v) is 12.2. The lowest BCUT2D eigenvalue weighted by Crippen LogP contribution is -1.97. The van der Waals surface area contributed by atoms with Gasteiger partial charge in [0.2, 0.25) is 0 Å². The molecule has 2 rings (SSSR count). The molecule has 2 aromatic rings. The van der Waals surface area contributed by atoms with Crippen molar-refractivity contribution in [3.63, 3.8) is 0 Å². The van der Waals surface area contributed by atoms with Crippen LogP contribution < -0.4 is 4.74 Å². The van der Waals surface area contributed by atoms with E-state index in [1.807, 2.05) is 36.6 Å². The number of halogens is 2. The molecule has 0 radical (unpaired) electrons. The van der Waals surface area contributed by atoms with E-state index in [4.69, 9.17) is 4.74 Å². The van der Waals surface area contributed by atoms with E-state index in [2.05, 4.69) is 15.9 Å². The van der Waals surface area contributed by atoms with E-state index in [1.165, 1.54) is 12.1 Å². The summed E-state index contributed by atoms with van der Waals surface area (Å²) in [6, 6.07) is 12.6. The maximum atomic E-state index is 13.2. The van der Waals surface area contributed by atoms with Crippen LogP contribution in [-0.4, -0.2) is 6.26 Å². The first-order valence-electron chi connectivity index (χ1n) is 5.40. The van der Waals surface area contributed by atoms with Gasteiger partial charge in [0, 0.05) is 9.37 Å². The molecule has 0 heterocycles. The molecule has 0 aromatic heterocycles. The molecular weight excluding hydrogens is 315 g/mol. The topological polar surface area (TPSA) is 9.23 Å². The minimum absolute atomic E-state index is 0.263. The molecule has 2 aromatic carbocycles. The Morgan fingerprint density at radius 1 is 1.22 bits per heavy atom. The van der Waals surface area contributed by atoms with Crippen molar-refractivity contribution < 1.29 is 9.13 Å². The van der Waals surface area contributed by atoms with Gasteiger partial charge in [0.1, 0.15) is 18.2 Å². The first-order chi connectivity index (χ1) is 8.69. The molecule has 0 spiro atoms. The Bertz CT molecular complexity index is 525. The second kappa shape index (κ2) is 6.25. The summed E-state index contributed by atoms with van der Waals surface area (Å²) in [6.45, 7) is 0.355. The third-order valence-electron chi connectivity index (χ3n) is 2.39. The lowest BCUT2D eigenvalue weighted by molar-refractivity contribution is 0.298. The lowest BCUT2D eigenvalue weighted by Gasteiger charge is -2.10. The van der Waals surface area contributed by atoms with Gasteiger partial charge in [-0.2, -0.15) is 0 Å². The minimum Gasteiger partial charge on any atom is -0.488 e. The summed E-state index contributed by atoms with van der Waals surface area (Å²) >= 11 is 4.90. The zero-order chi connectivity index (χ0) is 13.0. The third-order valence-corrected chi connectivity index (χ3v) is 3.62. The predicted molar refractivity (Wildman–Crippen MR) is 76.7 cm³/mol. The highest BCUT2D eigenvalue weighted by molar-refractivity contribution is 9.10. The van der Waals surface area contributed by atoms with Gasteiger partial charge < -0.3 is 4.74 Å². The zero-order valence-electron chi connectivity index (χ0n) is 9.82. The maximum Gasteiger partial charge on any atom is 0.133 e. The first kappa shape index (κ1) is 13.4. The van der Waals surface area contributed by atoms with Crippen LogP contribution in [-0.2, 0) is 6.61 Å². The number of para-hydroxylation sites is 1. The van der Waals surface area contributed by atoms with E-state index < -0.39 is 0 Å². The monoisotopic (exact) mass is 326 g/mol. The van der Waals surface area contributed by atoms with Crippen molar-refractivity contribution in [2.45, 2.75) is 11.5 Å². The molecule has 0 fully saturated rings. The van der Waals surface area contributed by atoms with Crippen LogP contribution in [0.4, 0.5) is 4.39 Å². The van der Waals surface area contributed by atoms with Crippen LogP contribution >= 0.6 is 27.7 Å². The summed E-state index contributed by atoms with van der Waals surface area (Å²) < 4.78 is 19.6. The number of benzene rings is 2. The van der Waals surface area contributed by atoms with Gasteiger partial charge in [-0.05, 0) is 42.2 Å². The molecule has 0 bridgehead atoms. The summed E-state index contributed by atoms with van der Waals surface area (Å²) in [5.74, 6) is 0.562. The molecule has 0 saturated carbocycles. The van der Waals surface area contributed by atoms with E-state index in [9.17, 15) is 4.39 Å². The molecule has 0 unspecified atom stereocenters. The standard InChI is InChI=1S/C14H12BrFOS/c1-18-14-5-3-2-4-13(14)17-9-10-6-11(15)8-12(16)7-10/h2-8H,9H2,1H3. The fraction of sp³-hybridized carbons (Fsp3) is 0.143. The highest BCUT2D eigenvalue weighted by Gasteiger charge is 2.03. The Balaban J connectivity index is 2.11. The average Bonchev–Trinajstić information content (AvgIpc) is 2.35. The third kappa shape index (κ3) is 3.50. The summed E-state index contributed by atoms with van der Waals surface area (Å²) in [7, 11) is 0. The number of rotatable bonds is 4. The van der Waals surface area contributed by atoms with Crippen LogP contribution in [0, 0.1) is 5.82 Å². The summed E-state index contributed by atoms with van der Waals surface area (Å²) in [4.78, 5) is 1.08. The highest BCUT2D eigenvalue weighted by Crippen LogP contribution is 2.27. The van der Waals surface area contributed by atoms with Crippen molar-refractivity contribution >= 4 is 27.7 Å². The van der Waals surface area contributed by atoms with Crippen molar-refractivity contribution in [1.29, 1.82) is 0 Å². The van der Waals surface area contributed by atoms with Gasteiger partial charge in [0.15, 0.2) is 0 Å². The molecule has 0 amide bonds. The Morgan fingerprint density at radius 3 is 2.72 bits per heavy atom. The highest BCUT2D eigenvalue weighted by atomic mass is 79.9. The normalized spacial score (nSPS) is 10.4. The predicted octanol–water partition coefficient (Wildman–Crippen LogP) is 4.89. The summed E-state index contributed by atoms with van der Waals surface area (Å²) in [5, 5.41) is 0. The molecule has 0 saturated heterocycles. The Morgan fingerprint density at radius 2 is 2.00 bits per heavy atom. The molecule has 1 nitrogen and oxygen atoms in total. The number of thioether (sulfide) groups is 1. The molecule has 0 aliphatic rings. The minimum atomic E-state index is -0.263. The fourth-order valence-corrected chi connectivity index (χ4v) is 2.65. The average molecular weight is 327 g/mol. The second-order valence-corrected chi connectivity index (χ2v) is 5.48. The number of ether oxygens (including phenoxy) is 1. The molecule has 0 aliphatic carbocycles. The van der Waals surface area contributed by atoms with Crippen LogP contribution in [0.2, 0.25) is 0 Å². The number of hydrogen-bond acceptors (Lipinski definition) is 2. The Hall–Kier alpha value is -1.00. The fourth-order valence-electron chi connectivity index (χ4n) is 1.59. The Labute approximate surface area is 118 Å². The van der Waals surface area contributed by atoms with Crippen molar-refractivity contribution in [2.24, 2.45) is 0 Å². The van der Waals surface area contributed by atoms with E-state index >= 15 is 0 Å². The van der Waals surface area contributed by atoms with Gasteiger partial charge in [-0.3, -0.25) is 0 Å². The van der Waals surface area contributed by atoms with Crippen molar-refractivity contribution in [3.05, 3.63) is 58.3 Å². The van der Waals surface area contributed by atoms with E-state index in [0.29, 0.717) is 6.61 Å².